The maximum atomic E-state index is 5.31. The summed E-state index contributed by atoms with van der Waals surface area (Å²) in [6, 6.07) is 6.72. The molecule has 0 aromatic heterocycles. The largest absolute Gasteiger partial charge is 0.360 e. The molecule has 0 radical (unpaired) electrons. The van der Waals surface area contributed by atoms with E-state index in [1.54, 1.807) is 0 Å². The average Bonchev–Trinajstić information content (AvgIpc) is 2.76. The fraction of sp³-hybridized carbons (Fsp3) is 0.462. The van der Waals surface area contributed by atoms with Crippen LogP contribution in [0.1, 0.15) is 31.2 Å². The highest BCUT2D eigenvalue weighted by Gasteiger charge is 2.15. The topological polar surface area (TPSA) is 24.1 Å². The molecule has 0 heterocycles. The number of halogens is 1. The first-order valence-electron chi connectivity index (χ1n) is 5.99. The maximum Gasteiger partial charge on any atom is 0.170 e. The van der Waals surface area contributed by atoms with Gasteiger partial charge < -0.3 is 10.6 Å². The first-order valence-corrected chi connectivity index (χ1v) is 7.19. The maximum absolute atomic E-state index is 5.31. The van der Waals surface area contributed by atoms with Crippen molar-refractivity contribution >= 4 is 38.9 Å². The molecule has 0 saturated heterocycles. The minimum atomic E-state index is 0.562. The van der Waals surface area contributed by atoms with Crippen LogP contribution >= 0.6 is 28.1 Å². The number of thiocarbonyl (C=S) groups is 1. The predicted molar refractivity (Wildman–Crippen MR) is 80.5 cm³/mol. The van der Waals surface area contributed by atoms with Crippen LogP contribution in [0.3, 0.4) is 0 Å². The molecular formula is C13H17BrN2S. The minimum absolute atomic E-state index is 0.562. The van der Waals surface area contributed by atoms with E-state index in [2.05, 4.69) is 39.6 Å². The van der Waals surface area contributed by atoms with Crippen LogP contribution in [-0.2, 0) is 0 Å². The molecule has 0 spiro atoms. The van der Waals surface area contributed by atoms with Crippen LogP contribution in [0.15, 0.2) is 22.7 Å². The van der Waals surface area contributed by atoms with Crippen molar-refractivity contribution in [3.63, 3.8) is 0 Å². The molecule has 1 aromatic carbocycles. The van der Waals surface area contributed by atoms with E-state index >= 15 is 0 Å². The lowest BCUT2D eigenvalue weighted by Gasteiger charge is -2.16. The van der Waals surface area contributed by atoms with Gasteiger partial charge in [0, 0.05) is 16.2 Å². The van der Waals surface area contributed by atoms with Crippen molar-refractivity contribution < 1.29 is 0 Å². The normalized spacial score (nSPS) is 15.9. The van der Waals surface area contributed by atoms with Crippen molar-refractivity contribution in [3.05, 3.63) is 28.2 Å². The van der Waals surface area contributed by atoms with E-state index in [4.69, 9.17) is 12.2 Å². The summed E-state index contributed by atoms with van der Waals surface area (Å²) in [5, 5.41) is 7.34. The van der Waals surface area contributed by atoms with E-state index in [1.165, 1.54) is 31.2 Å². The van der Waals surface area contributed by atoms with Gasteiger partial charge in [-0.25, -0.2) is 0 Å². The van der Waals surface area contributed by atoms with Crippen LogP contribution in [0.4, 0.5) is 5.69 Å². The zero-order chi connectivity index (χ0) is 12.3. The summed E-state index contributed by atoms with van der Waals surface area (Å²) in [5.74, 6) is 0. The number of aryl methyl sites for hydroxylation is 1. The van der Waals surface area contributed by atoms with E-state index in [-0.39, 0.29) is 0 Å². The Balaban J connectivity index is 1.90. The van der Waals surface area contributed by atoms with Crippen molar-refractivity contribution in [1.29, 1.82) is 0 Å². The lowest BCUT2D eigenvalue weighted by atomic mass is 10.2. The number of hydrogen-bond donors (Lipinski definition) is 2. The molecule has 0 bridgehead atoms. The smallest absolute Gasteiger partial charge is 0.170 e. The van der Waals surface area contributed by atoms with Crippen LogP contribution in [0, 0.1) is 6.92 Å². The quantitative estimate of drug-likeness (QED) is 0.808. The van der Waals surface area contributed by atoms with Gasteiger partial charge in [-0.15, -0.1) is 0 Å². The molecule has 1 saturated carbocycles. The summed E-state index contributed by atoms with van der Waals surface area (Å²) < 4.78 is 1.12. The Morgan fingerprint density at radius 1 is 1.35 bits per heavy atom. The van der Waals surface area contributed by atoms with Gasteiger partial charge in [-0.05, 0) is 55.7 Å². The predicted octanol–water partition coefficient (Wildman–Crippen LogP) is 3.99. The Morgan fingerprint density at radius 3 is 2.71 bits per heavy atom. The van der Waals surface area contributed by atoms with Crippen molar-refractivity contribution in [2.24, 2.45) is 0 Å². The lowest BCUT2D eigenvalue weighted by molar-refractivity contribution is 0.634. The van der Waals surface area contributed by atoms with Gasteiger partial charge in [-0.2, -0.15) is 0 Å². The first kappa shape index (κ1) is 12.8. The molecule has 17 heavy (non-hydrogen) atoms. The third kappa shape index (κ3) is 3.68. The number of benzene rings is 1. The zero-order valence-electron chi connectivity index (χ0n) is 9.92. The summed E-state index contributed by atoms with van der Waals surface area (Å²) in [6.45, 7) is 2.07. The SMILES string of the molecule is Cc1cc(NC(=S)NC2CCCC2)ccc1Br. The number of hydrogen-bond acceptors (Lipinski definition) is 1. The van der Waals surface area contributed by atoms with Crippen LogP contribution in [0.2, 0.25) is 0 Å². The summed E-state index contributed by atoms with van der Waals surface area (Å²) in [7, 11) is 0. The highest BCUT2D eigenvalue weighted by atomic mass is 79.9. The molecule has 92 valence electrons. The highest BCUT2D eigenvalue weighted by molar-refractivity contribution is 9.10. The van der Waals surface area contributed by atoms with Gasteiger partial charge in [0.05, 0.1) is 0 Å². The highest BCUT2D eigenvalue weighted by Crippen LogP contribution is 2.21. The molecule has 0 amide bonds. The minimum Gasteiger partial charge on any atom is -0.360 e. The number of rotatable bonds is 2. The van der Waals surface area contributed by atoms with E-state index in [0.29, 0.717) is 6.04 Å². The van der Waals surface area contributed by atoms with Gasteiger partial charge in [0.2, 0.25) is 0 Å². The first-order chi connectivity index (χ1) is 8.15. The molecule has 1 aliphatic rings. The van der Waals surface area contributed by atoms with Crippen molar-refractivity contribution in [3.8, 4) is 0 Å². The van der Waals surface area contributed by atoms with Gasteiger partial charge in [0.15, 0.2) is 5.11 Å². The van der Waals surface area contributed by atoms with Crippen molar-refractivity contribution in [2.75, 3.05) is 5.32 Å². The molecule has 1 fully saturated rings. The molecule has 0 aliphatic heterocycles. The second-order valence-electron chi connectivity index (χ2n) is 4.54. The van der Waals surface area contributed by atoms with Gasteiger partial charge in [-0.1, -0.05) is 28.8 Å². The third-order valence-electron chi connectivity index (χ3n) is 3.11. The lowest BCUT2D eigenvalue weighted by Crippen LogP contribution is -2.35. The zero-order valence-corrected chi connectivity index (χ0v) is 12.3. The third-order valence-corrected chi connectivity index (χ3v) is 4.22. The summed E-state index contributed by atoms with van der Waals surface area (Å²) in [6.07, 6.45) is 5.11. The van der Waals surface area contributed by atoms with E-state index in [0.717, 1.165) is 15.3 Å². The molecular weight excluding hydrogens is 296 g/mol. The second kappa shape index (κ2) is 5.83. The molecule has 0 unspecified atom stereocenters. The van der Waals surface area contributed by atoms with Crippen molar-refractivity contribution in [2.45, 2.75) is 38.6 Å². The van der Waals surface area contributed by atoms with Gasteiger partial charge >= 0.3 is 0 Å². The number of anilines is 1. The second-order valence-corrected chi connectivity index (χ2v) is 5.81. The Hall–Kier alpha value is -0.610. The summed E-state index contributed by atoms with van der Waals surface area (Å²) in [5.41, 5.74) is 2.25. The van der Waals surface area contributed by atoms with Crippen molar-refractivity contribution in [1.82, 2.24) is 5.32 Å². The fourth-order valence-corrected chi connectivity index (χ4v) is 2.68. The Morgan fingerprint density at radius 2 is 2.06 bits per heavy atom. The van der Waals surface area contributed by atoms with E-state index < -0.39 is 0 Å². The monoisotopic (exact) mass is 312 g/mol. The molecule has 4 heteroatoms. The molecule has 2 N–H and O–H groups in total. The summed E-state index contributed by atoms with van der Waals surface area (Å²) in [4.78, 5) is 0. The molecule has 1 aliphatic carbocycles. The standard InChI is InChI=1S/C13H17BrN2S/c1-9-8-11(6-7-12(9)14)16-13(17)15-10-4-2-3-5-10/h6-8,10H,2-5H2,1H3,(H2,15,16,17). The summed E-state index contributed by atoms with van der Waals surface area (Å²) >= 11 is 8.81. The molecule has 2 rings (SSSR count). The molecule has 0 atom stereocenters. The Bertz CT molecular complexity index is 414. The van der Waals surface area contributed by atoms with Crippen LogP contribution in [0.5, 0.6) is 0 Å². The number of nitrogens with one attached hydrogen (secondary N) is 2. The molecule has 1 aromatic rings. The fourth-order valence-electron chi connectivity index (χ4n) is 2.15. The van der Waals surface area contributed by atoms with Crippen LogP contribution in [-0.4, -0.2) is 11.2 Å². The Labute approximate surface area is 116 Å². The van der Waals surface area contributed by atoms with E-state index in [1.807, 2.05) is 12.1 Å². The van der Waals surface area contributed by atoms with Gasteiger partial charge in [0.25, 0.3) is 0 Å². The Kier molecular flexibility index (Phi) is 4.40. The van der Waals surface area contributed by atoms with Crippen LogP contribution in [0.25, 0.3) is 0 Å². The van der Waals surface area contributed by atoms with Gasteiger partial charge in [0.1, 0.15) is 0 Å². The molecule has 2 nitrogen and oxygen atoms in total. The van der Waals surface area contributed by atoms with E-state index in [9.17, 15) is 0 Å². The van der Waals surface area contributed by atoms with Gasteiger partial charge in [-0.3, -0.25) is 0 Å². The average molecular weight is 313 g/mol. The van der Waals surface area contributed by atoms with Crippen LogP contribution < -0.4 is 10.6 Å².